The molecule has 0 radical (unpaired) electrons. The third-order valence-electron chi connectivity index (χ3n) is 5.51. The van der Waals surface area contributed by atoms with E-state index in [4.69, 9.17) is 0 Å². The smallest absolute Gasteiger partial charge is 0.323 e. The molecule has 1 aliphatic heterocycles. The third kappa shape index (κ3) is 3.78. The van der Waals surface area contributed by atoms with Gasteiger partial charge in [-0.05, 0) is 58.0 Å². The van der Waals surface area contributed by atoms with Gasteiger partial charge in [0.2, 0.25) is 0 Å². The number of carboxylic acids is 1. The van der Waals surface area contributed by atoms with Crippen LogP contribution in [0.2, 0.25) is 0 Å². The van der Waals surface area contributed by atoms with Gasteiger partial charge in [0.05, 0.1) is 0 Å². The highest BCUT2D eigenvalue weighted by molar-refractivity contribution is 5.79. The van der Waals surface area contributed by atoms with Gasteiger partial charge in [-0.25, -0.2) is 0 Å². The molecule has 4 heteroatoms. The van der Waals surface area contributed by atoms with Crippen molar-refractivity contribution in [1.82, 2.24) is 10.2 Å². The maximum absolute atomic E-state index is 11.8. The van der Waals surface area contributed by atoms with Crippen LogP contribution in [0.25, 0.3) is 0 Å². The molecule has 21 heavy (non-hydrogen) atoms. The lowest BCUT2D eigenvalue weighted by Crippen LogP contribution is -2.59. The van der Waals surface area contributed by atoms with Crippen LogP contribution in [0.5, 0.6) is 0 Å². The number of rotatable bonds is 5. The van der Waals surface area contributed by atoms with Crippen LogP contribution < -0.4 is 5.32 Å². The molecule has 2 rings (SSSR count). The minimum absolute atomic E-state index is 0.442. The molecule has 4 nitrogen and oxygen atoms in total. The monoisotopic (exact) mass is 296 g/mol. The van der Waals surface area contributed by atoms with Gasteiger partial charge in [0.25, 0.3) is 0 Å². The Bertz CT molecular complexity index is 344. The number of likely N-dealkylation sites (tertiary alicyclic amines) is 1. The zero-order valence-corrected chi connectivity index (χ0v) is 13.7. The Morgan fingerprint density at radius 2 is 2.05 bits per heavy atom. The summed E-state index contributed by atoms with van der Waals surface area (Å²) < 4.78 is 0. The lowest BCUT2D eigenvalue weighted by atomic mass is 9.77. The van der Waals surface area contributed by atoms with E-state index in [0.29, 0.717) is 12.1 Å². The highest BCUT2D eigenvalue weighted by Gasteiger charge is 2.44. The van der Waals surface area contributed by atoms with Crippen LogP contribution in [0.3, 0.4) is 0 Å². The van der Waals surface area contributed by atoms with Gasteiger partial charge in [0, 0.05) is 12.1 Å². The van der Waals surface area contributed by atoms with E-state index in [1.165, 1.54) is 32.1 Å². The van der Waals surface area contributed by atoms with E-state index in [0.717, 1.165) is 38.8 Å². The molecule has 0 spiro atoms. The maximum Gasteiger partial charge on any atom is 0.323 e. The summed E-state index contributed by atoms with van der Waals surface area (Å²) in [5, 5.41) is 13.0. The Kier molecular flexibility index (Phi) is 6.06. The van der Waals surface area contributed by atoms with Crippen molar-refractivity contribution in [3.05, 3.63) is 0 Å². The molecule has 2 aliphatic rings. The predicted molar refractivity (Wildman–Crippen MR) is 85.6 cm³/mol. The fourth-order valence-corrected chi connectivity index (χ4v) is 4.42. The van der Waals surface area contributed by atoms with Crippen LogP contribution in [0, 0.1) is 0 Å². The second-order valence-electron chi connectivity index (χ2n) is 6.82. The Labute approximate surface area is 129 Å². The third-order valence-corrected chi connectivity index (χ3v) is 5.51. The van der Waals surface area contributed by atoms with Gasteiger partial charge in [-0.2, -0.15) is 0 Å². The maximum atomic E-state index is 11.8. The zero-order chi connectivity index (χ0) is 15.3. The number of hydrogen-bond donors (Lipinski definition) is 2. The summed E-state index contributed by atoms with van der Waals surface area (Å²) in [5.41, 5.74) is -0.692. The number of carboxylic acid groups (broad SMARTS) is 1. The van der Waals surface area contributed by atoms with E-state index in [2.05, 4.69) is 17.1 Å². The normalized spacial score (nSPS) is 35.3. The number of carbonyl (C=O) groups is 1. The minimum Gasteiger partial charge on any atom is -0.480 e. The molecule has 2 fully saturated rings. The van der Waals surface area contributed by atoms with Crippen LogP contribution in [-0.2, 0) is 4.79 Å². The average molecular weight is 296 g/mol. The SMILES string of the molecule is CCNC1(C(=O)O)CCCC(N2CCCCCC2CC)C1. The van der Waals surface area contributed by atoms with Crippen molar-refractivity contribution in [2.75, 3.05) is 13.1 Å². The Balaban J connectivity index is 2.12. The second-order valence-corrected chi connectivity index (χ2v) is 6.82. The van der Waals surface area contributed by atoms with Crippen molar-refractivity contribution >= 4 is 5.97 Å². The van der Waals surface area contributed by atoms with Gasteiger partial charge >= 0.3 is 5.97 Å². The van der Waals surface area contributed by atoms with E-state index in [9.17, 15) is 9.90 Å². The molecule has 1 heterocycles. The van der Waals surface area contributed by atoms with Crippen molar-refractivity contribution in [2.24, 2.45) is 0 Å². The van der Waals surface area contributed by atoms with Crippen LogP contribution >= 0.6 is 0 Å². The Morgan fingerprint density at radius 1 is 1.24 bits per heavy atom. The molecule has 0 aromatic carbocycles. The molecular formula is C17H32N2O2. The van der Waals surface area contributed by atoms with Gasteiger partial charge in [0.15, 0.2) is 0 Å². The summed E-state index contributed by atoms with van der Waals surface area (Å²) >= 11 is 0. The predicted octanol–water partition coefficient (Wildman–Crippen LogP) is 3.02. The molecule has 1 aliphatic carbocycles. The Hall–Kier alpha value is -0.610. The minimum atomic E-state index is -0.692. The molecule has 3 atom stereocenters. The summed E-state index contributed by atoms with van der Waals surface area (Å²) in [6.07, 6.45) is 10.1. The van der Waals surface area contributed by atoms with E-state index in [-0.39, 0.29) is 0 Å². The summed E-state index contributed by atoms with van der Waals surface area (Å²) in [4.78, 5) is 14.5. The standard InChI is InChI=1S/C17H32N2O2/c1-3-14-9-6-5-7-12-19(14)15-10-8-11-17(13-15,16(20)21)18-4-2/h14-15,18H,3-13H2,1-2H3,(H,20,21). The van der Waals surface area contributed by atoms with E-state index in [1.807, 2.05) is 6.92 Å². The van der Waals surface area contributed by atoms with Crippen molar-refractivity contribution in [3.8, 4) is 0 Å². The first kappa shape index (κ1) is 16.8. The van der Waals surface area contributed by atoms with Gasteiger partial charge in [0.1, 0.15) is 5.54 Å². The molecule has 0 aromatic heterocycles. The lowest BCUT2D eigenvalue weighted by molar-refractivity contribution is -0.147. The number of hydrogen-bond acceptors (Lipinski definition) is 3. The molecule has 122 valence electrons. The summed E-state index contributed by atoms with van der Waals surface area (Å²) in [5.74, 6) is -0.656. The van der Waals surface area contributed by atoms with E-state index < -0.39 is 11.5 Å². The second kappa shape index (κ2) is 7.59. The summed E-state index contributed by atoms with van der Waals surface area (Å²) in [6.45, 7) is 6.18. The highest BCUT2D eigenvalue weighted by Crippen LogP contribution is 2.34. The van der Waals surface area contributed by atoms with Crippen molar-refractivity contribution in [3.63, 3.8) is 0 Å². The number of aliphatic carboxylic acids is 1. The molecular weight excluding hydrogens is 264 g/mol. The van der Waals surface area contributed by atoms with Gasteiger partial charge < -0.3 is 10.4 Å². The first-order valence-corrected chi connectivity index (χ1v) is 8.87. The van der Waals surface area contributed by atoms with Gasteiger partial charge in [-0.15, -0.1) is 0 Å². The zero-order valence-electron chi connectivity index (χ0n) is 13.7. The van der Waals surface area contributed by atoms with Crippen molar-refractivity contribution in [1.29, 1.82) is 0 Å². The van der Waals surface area contributed by atoms with E-state index in [1.54, 1.807) is 0 Å². The first-order valence-electron chi connectivity index (χ1n) is 8.87. The van der Waals surface area contributed by atoms with Crippen LogP contribution in [0.15, 0.2) is 0 Å². The summed E-state index contributed by atoms with van der Waals surface area (Å²) in [6, 6.07) is 1.10. The quantitative estimate of drug-likeness (QED) is 0.819. The molecule has 0 amide bonds. The van der Waals surface area contributed by atoms with E-state index >= 15 is 0 Å². The molecule has 1 saturated heterocycles. The van der Waals surface area contributed by atoms with Crippen molar-refractivity contribution in [2.45, 2.75) is 89.3 Å². The fraction of sp³-hybridized carbons (Fsp3) is 0.941. The molecule has 0 aromatic rings. The molecule has 3 unspecified atom stereocenters. The number of nitrogens with zero attached hydrogens (tertiary/aromatic N) is 1. The topological polar surface area (TPSA) is 52.6 Å². The molecule has 2 N–H and O–H groups in total. The first-order chi connectivity index (χ1) is 10.1. The number of nitrogens with one attached hydrogen (secondary N) is 1. The number of likely N-dealkylation sites (N-methyl/N-ethyl adjacent to an activating group) is 1. The summed E-state index contributed by atoms with van der Waals surface area (Å²) in [7, 11) is 0. The Morgan fingerprint density at radius 3 is 2.71 bits per heavy atom. The largest absolute Gasteiger partial charge is 0.480 e. The van der Waals surface area contributed by atoms with Crippen LogP contribution in [-0.4, -0.2) is 46.7 Å². The lowest BCUT2D eigenvalue weighted by Gasteiger charge is -2.45. The molecule has 0 bridgehead atoms. The van der Waals surface area contributed by atoms with Gasteiger partial charge in [-0.3, -0.25) is 9.69 Å². The van der Waals surface area contributed by atoms with Gasteiger partial charge in [-0.1, -0.05) is 26.7 Å². The average Bonchev–Trinajstić information content (AvgIpc) is 2.72. The fourth-order valence-electron chi connectivity index (χ4n) is 4.42. The van der Waals surface area contributed by atoms with Crippen LogP contribution in [0.1, 0.15) is 71.6 Å². The molecule has 1 saturated carbocycles. The van der Waals surface area contributed by atoms with Crippen molar-refractivity contribution < 1.29 is 9.90 Å². The van der Waals surface area contributed by atoms with Crippen LogP contribution in [0.4, 0.5) is 0 Å². The highest BCUT2D eigenvalue weighted by atomic mass is 16.4.